The lowest BCUT2D eigenvalue weighted by molar-refractivity contribution is -0.197. The molecule has 8 heteroatoms. The van der Waals surface area contributed by atoms with Crippen LogP contribution in [0, 0.1) is 0 Å². The van der Waals surface area contributed by atoms with Crippen molar-refractivity contribution < 1.29 is 41.8 Å². The van der Waals surface area contributed by atoms with Crippen LogP contribution in [0.25, 0.3) is 0 Å². The maximum absolute atomic E-state index is 8.96. The largest absolute Gasteiger partial charge is 1.00 e. The standard InChI is InChI=1S/C10H12O3.C6H6O2.C4H7ClO.ClH/c1-8(2)7-12-13-10-5-3-9(11)4-6-10;7-5-1-2-6(8)4-3-5;1-4(2)3-6-5;/h3-6,11H,1,7H2,2H3;1-4,7-8H;1,3H2,2H3;1H/p-1. The second-order valence-corrected chi connectivity index (χ2v) is 5.74. The van der Waals surface area contributed by atoms with Crippen molar-refractivity contribution in [2.75, 3.05) is 13.2 Å². The van der Waals surface area contributed by atoms with Crippen LogP contribution >= 0.6 is 11.9 Å². The van der Waals surface area contributed by atoms with Gasteiger partial charge >= 0.3 is 0 Å². The molecule has 0 atom stereocenters. The average molecular weight is 432 g/mol. The summed E-state index contributed by atoms with van der Waals surface area (Å²) in [6.07, 6.45) is 0. The predicted molar refractivity (Wildman–Crippen MR) is 106 cm³/mol. The van der Waals surface area contributed by atoms with Gasteiger partial charge in [-0.1, -0.05) is 24.3 Å². The number of rotatable bonds is 6. The Balaban J connectivity index is 0. The Hall–Kier alpha value is -2.38. The molecule has 28 heavy (non-hydrogen) atoms. The molecule has 0 amide bonds. The average Bonchev–Trinajstić information content (AvgIpc) is 2.60. The van der Waals surface area contributed by atoms with Gasteiger partial charge in [0, 0.05) is 0 Å². The van der Waals surface area contributed by atoms with Gasteiger partial charge in [-0.15, -0.1) is 0 Å². The highest BCUT2D eigenvalue weighted by Crippen LogP contribution is 2.16. The predicted octanol–water partition coefficient (Wildman–Crippen LogP) is 2.11. The van der Waals surface area contributed by atoms with Gasteiger partial charge in [0.2, 0.25) is 0 Å². The van der Waals surface area contributed by atoms with E-state index in [0.29, 0.717) is 19.0 Å². The van der Waals surface area contributed by atoms with E-state index in [1.54, 1.807) is 12.1 Å². The van der Waals surface area contributed by atoms with Crippen molar-refractivity contribution >= 4 is 11.9 Å². The third-order valence-electron chi connectivity index (χ3n) is 2.45. The van der Waals surface area contributed by atoms with Crippen LogP contribution in [0.4, 0.5) is 0 Å². The van der Waals surface area contributed by atoms with Crippen molar-refractivity contribution in [2.24, 2.45) is 0 Å². The molecule has 0 bridgehead atoms. The summed E-state index contributed by atoms with van der Waals surface area (Å²) in [5, 5.41) is 26.3. The number of aromatic hydroxyl groups is 3. The van der Waals surface area contributed by atoms with Crippen LogP contribution in [0.2, 0.25) is 0 Å². The zero-order valence-corrected chi connectivity index (χ0v) is 17.3. The van der Waals surface area contributed by atoms with Crippen molar-refractivity contribution in [3.63, 3.8) is 0 Å². The smallest absolute Gasteiger partial charge is 0.165 e. The topological polar surface area (TPSA) is 88.4 Å². The molecule has 2 rings (SSSR count). The summed E-state index contributed by atoms with van der Waals surface area (Å²) in [5.41, 5.74) is 1.82. The molecule has 0 aromatic heterocycles. The molecule has 6 nitrogen and oxygen atoms in total. The summed E-state index contributed by atoms with van der Waals surface area (Å²) in [7, 11) is 0. The summed E-state index contributed by atoms with van der Waals surface area (Å²) >= 11 is 4.84. The Labute approximate surface area is 176 Å². The molecular weight excluding hydrogens is 407 g/mol. The monoisotopic (exact) mass is 431 g/mol. The molecule has 0 heterocycles. The van der Waals surface area contributed by atoms with E-state index < -0.39 is 0 Å². The van der Waals surface area contributed by atoms with E-state index in [4.69, 9.17) is 37.0 Å². The minimum absolute atomic E-state index is 0. The first-order chi connectivity index (χ1) is 12.7. The van der Waals surface area contributed by atoms with E-state index in [1.165, 1.54) is 36.4 Å². The molecule has 3 N–H and O–H groups in total. The van der Waals surface area contributed by atoms with E-state index in [2.05, 4.69) is 17.4 Å². The van der Waals surface area contributed by atoms with Gasteiger partial charge < -0.3 is 32.6 Å². The fraction of sp³-hybridized carbons (Fsp3) is 0.200. The molecule has 156 valence electrons. The normalized spacial score (nSPS) is 8.82. The zero-order chi connectivity index (χ0) is 20.7. The molecule has 0 saturated heterocycles. The third-order valence-corrected chi connectivity index (χ3v) is 2.56. The number of halogens is 2. The van der Waals surface area contributed by atoms with E-state index >= 15 is 0 Å². The fourth-order valence-corrected chi connectivity index (χ4v) is 1.43. The number of phenolic OH excluding ortho intramolecular Hbond substituents is 3. The quantitative estimate of drug-likeness (QED) is 0.281. The second-order valence-electron chi connectivity index (χ2n) is 5.52. The van der Waals surface area contributed by atoms with Gasteiger partial charge in [-0.3, -0.25) is 4.29 Å². The van der Waals surface area contributed by atoms with Crippen LogP contribution in [-0.4, -0.2) is 28.5 Å². The Kier molecular flexibility index (Phi) is 16.7. The van der Waals surface area contributed by atoms with Gasteiger partial charge in [-0.05, 0) is 62.4 Å². The SMILES string of the molecule is C=C(C)COCl.C=C(C)COOc1ccc(O)cc1.Oc1ccc(O)cc1.[Cl-]. The number of phenols is 3. The first-order valence-electron chi connectivity index (χ1n) is 7.83. The van der Waals surface area contributed by atoms with E-state index in [9.17, 15) is 0 Å². The van der Waals surface area contributed by atoms with Crippen LogP contribution in [-0.2, 0) is 9.18 Å². The number of hydrogen-bond donors (Lipinski definition) is 3. The van der Waals surface area contributed by atoms with Crippen LogP contribution in [0.15, 0.2) is 72.8 Å². The van der Waals surface area contributed by atoms with Crippen molar-refractivity contribution in [1.29, 1.82) is 0 Å². The molecule has 2 aromatic rings. The maximum atomic E-state index is 8.96. The van der Waals surface area contributed by atoms with E-state index in [0.717, 1.165) is 11.1 Å². The van der Waals surface area contributed by atoms with Gasteiger partial charge in [0.15, 0.2) is 5.75 Å². The first kappa shape index (κ1) is 27.8. The lowest BCUT2D eigenvalue weighted by Gasteiger charge is -2.03. The van der Waals surface area contributed by atoms with Crippen molar-refractivity contribution in [1.82, 2.24) is 0 Å². The lowest BCUT2D eigenvalue weighted by atomic mass is 10.3. The molecule has 0 radical (unpaired) electrons. The molecule has 0 aliphatic rings. The second kappa shape index (κ2) is 16.8. The summed E-state index contributed by atoms with van der Waals surface area (Å²) in [5.74, 6) is 1.09. The van der Waals surface area contributed by atoms with Crippen LogP contribution in [0.3, 0.4) is 0 Å². The molecule has 0 spiro atoms. The molecule has 0 aliphatic heterocycles. The van der Waals surface area contributed by atoms with E-state index in [1.807, 2.05) is 13.8 Å². The molecule has 0 unspecified atom stereocenters. The van der Waals surface area contributed by atoms with Crippen molar-refractivity contribution in [3.05, 3.63) is 72.8 Å². The first-order valence-corrected chi connectivity index (χ1v) is 8.14. The Morgan fingerprint density at radius 3 is 1.43 bits per heavy atom. The summed E-state index contributed by atoms with van der Waals surface area (Å²) in [6.45, 7) is 11.7. The highest BCUT2D eigenvalue weighted by Gasteiger charge is 1.94. The van der Waals surface area contributed by atoms with Crippen molar-refractivity contribution in [3.8, 4) is 23.0 Å². The number of hydrogen-bond acceptors (Lipinski definition) is 6. The molecule has 0 fully saturated rings. The molecular formula is C20H25Cl2O6-. The third kappa shape index (κ3) is 17.1. The van der Waals surface area contributed by atoms with Gasteiger partial charge in [-0.2, -0.15) is 4.89 Å². The highest BCUT2D eigenvalue weighted by molar-refractivity contribution is 6.07. The van der Waals surface area contributed by atoms with Crippen LogP contribution < -0.4 is 17.3 Å². The summed E-state index contributed by atoms with van der Waals surface area (Å²) in [6, 6.07) is 12.0. The Bertz CT molecular complexity index is 651. The van der Waals surface area contributed by atoms with Gasteiger partial charge in [0.25, 0.3) is 0 Å². The van der Waals surface area contributed by atoms with E-state index in [-0.39, 0.29) is 29.7 Å². The highest BCUT2D eigenvalue weighted by atomic mass is 35.5. The summed E-state index contributed by atoms with van der Waals surface area (Å²) in [4.78, 5) is 9.74. The van der Waals surface area contributed by atoms with Gasteiger partial charge in [0.1, 0.15) is 23.9 Å². The maximum Gasteiger partial charge on any atom is 0.165 e. The molecule has 0 aliphatic carbocycles. The van der Waals surface area contributed by atoms with Gasteiger partial charge in [0.05, 0.1) is 18.5 Å². The molecule has 0 saturated carbocycles. The lowest BCUT2D eigenvalue weighted by Crippen LogP contribution is -3.00. The summed E-state index contributed by atoms with van der Waals surface area (Å²) < 4.78 is 4.18. The Morgan fingerprint density at radius 1 is 0.786 bits per heavy atom. The minimum Gasteiger partial charge on any atom is -1.00 e. The van der Waals surface area contributed by atoms with Crippen LogP contribution in [0.1, 0.15) is 13.8 Å². The fourth-order valence-electron chi connectivity index (χ4n) is 1.25. The minimum atomic E-state index is 0. The zero-order valence-electron chi connectivity index (χ0n) is 15.8. The van der Waals surface area contributed by atoms with Crippen LogP contribution in [0.5, 0.6) is 23.0 Å². The van der Waals surface area contributed by atoms with Crippen molar-refractivity contribution in [2.45, 2.75) is 13.8 Å². The molecule has 2 aromatic carbocycles. The van der Waals surface area contributed by atoms with Gasteiger partial charge in [-0.25, -0.2) is 0 Å². The Morgan fingerprint density at radius 2 is 1.14 bits per heavy atom. The number of benzene rings is 2.